The Morgan fingerprint density at radius 3 is 2.78 bits per heavy atom. The Bertz CT molecular complexity index is 519. The fourth-order valence-corrected chi connectivity index (χ4v) is 4.38. The van der Waals surface area contributed by atoms with Crippen LogP contribution in [0, 0.1) is 0 Å². The maximum Gasteiger partial charge on any atom is 0.245 e. The molecule has 0 saturated carbocycles. The standard InChI is InChI=1S/C12H21N3O2S/c1-12(2)5-4-6-15(12)18(16,17)11-7-10(8-13-3)14-9-11/h7,9,13-14H,4-6,8H2,1-3H3. The van der Waals surface area contributed by atoms with E-state index in [0.717, 1.165) is 18.5 Å². The molecule has 0 aliphatic carbocycles. The maximum absolute atomic E-state index is 12.6. The molecule has 5 nitrogen and oxygen atoms in total. The van der Waals surface area contributed by atoms with Crippen molar-refractivity contribution in [1.29, 1.82) is 0 Å². The second-order valence-corrected chi connectivity index (χ2v) is 7.25. The van der Waals surface area contributed by atoms with Gasteiger partial charge in [-0.1, -0.05) is 0 Å². The van der Waals surface area contributed by atoms with Crippen molar-refractivity contribution in [3.8, 4) is 0 Å². The van der Waals surface area contributed by atoms with Gasteiger partial charge in [-0.15, -0.1) is 0 Å². The highest BCUT2D eigenvalue weighted by atomic mass is 32.2. The van der Waals surface area contributed by atoms with Crippen LogP contribution in [0.4, 0.5) is 0 Å². The summed E-state index contributed by atoms with van der Waals surface area (Å²) in [5, 5.41) is 2.99. The molecule has 0 amide bonds. The summed E-state index contributed by atoms with van der Waals surface area (Å²) in [5.41, 5.74) is 0.604. The van der Waals surface area contributed by atoms with Crippen molar-refractivity contribution in [1.82, 2.24) is 14.6 Å². The minimum atomic E-state index is -3.37. The number of aromatic amines is 1. The van der Waals surface area contributed by atoms with Gasteiger partial charge in [0.05, 0.1) is 4.90 Å². The first-order valence-corrected chi connectivity index (χ1v) is 7.67. The lowest BCUT2D eigenvalue weighted by molar-refractivity contribution is 0.292. The number of hydrogen-bond donors (Lipinski definition) is 2. The number of aromatic nitrogens is 1. The zero-order valence-corrected chi connectivity index (χ0v) is 12.0. The molecule has 1 aromatic heterocycles. The molecule has 0 unspecified atom stereocenters. The summed E-state index contributed by atoms with van der Waals surface area (Å²) in [6, 6.07) is 1.71. The molecule has 2 rings (SSSR count). The Morgan fingerprint density at radius 2 is 2.22 bits per heavy atom. The van der Waals surface area contributed by atoms with Gasteiger partial charge in [0, 0.05) is 30.5 Å². The molecule has 1 aromatic rings. The monoisotopic (exact) mass is 271 g/mol. The fourth-order valence-electron chi connectivity index (χ4n) is 2.52. The highest BCUT2D eigenvalue weighted by molar-refractivity contribution is 7.89. The molecule has 0 bridgehead atoms. The highest BCUT2D eigenvalue weighted by Gasteiger charge is 2.41. The number of hydrogen-bond acceptors (Lipinski definition) is 3. The van der Waals surface area contributed by atoms with Crippen LogP contribution >= 0.6 is 0 Å². The largest absolute Gasteiger partial charge is 0.363 e. The van der Waals surface area contributed by atoms with Crippen molar-refractivity contribution in [3.63, 3.8) is 0 Å². The predicted octanol–water partition coefficient (Wildman–Crippen LogP) is 1.30. The van der Waals surface area contributed by atoms with Crippen molar-refractivity contribution < 1.29 is 8.42 Å². The second-order valence-electron chi connectivity index (χ2n) is 5.38. The van der Waals surface area contributed by atoms with Gasteiger partial charge in [0.2, 0.25) is 10.0 Å². The van der Waals surface area contributed by atoms with Crippen molar-refractivity contribution >= 4 is 10.0 Å². The molecule has 6 heteroatoms. The SMILES string of the molecule is CNCc1cc(S(=O)(=O)N2CCCC2(C)C)c[nH]1. The van der Waals surface area contributed by atoms with Gasteiger partial charge in [-0.2, -0.15) is 4.31 Å². The van der Waals surface area contributed by atoms with Gasteiger partial charge in [-0.05, 0) is 39.8 Å². The summed E-state index contributed by atoms with van der Waals surface area (Å²) in [6.07, 6.45) is 3.43. The molecule has 0 radical (unpaired) electrons. The topological polar surface area (TPSA) is 65.2 Å². The van der Waals surface area contributed by atoms with E-state index in [1.54, 1.807) is 16.6 Å². The summed E-state index contributed by atoms with van der Waals surface area (Å²) >= 11 is 0. The van der Waals surface area contributed by atoms with Gasteiger partial charge in [0.15, 0.2) is 0 Å². The Hall–Kier alpha value is -0.850. The summed E-state index contributed by atoms with van der Waals surface area (Å²) in [7, 11) is -1.54. The van der Waals surface area contributed by atoms with Crippen molar-refractivity contribution in [2.45, 2.75) is 43.7 Å². The molecule has 1 saturated heterocycles. The molecule has 0 spiro atoms. The first-order valence-electron chi connectivity index (χ1n) is 6.23. The third kappa shape index (κ3) is 2.32. The Morgan fingerprint density at radius 1 is 1.50 bits per heavy atom. The lowest BCUT2D eigenvalue weighted by atomic mass is 10.0. The number of nitrogens with one attached hydrogen (secondary N) is 2. The van der Waals surface area contributed by atoms with E-state index in [-0.39, 0.29) is 5.54 Å². The minimum Gasteiger partial charge on any atom is -0.363 e. The predicted molar refractivity (Wildman–Crippen MR) is 70.8 cm³/mol. The normalized spacial score (nSPS) is 20.4. The smallest absolute Gasteiger partial charge is 0.245 e. The third-order valence-electron chi connectivity index (χ3n) is 3.50. The molecule has 1 aliphatic heterocycles. The first kappa shape index (κ1) is 13.6. The number of nitrogens with zero attached hydrogens (tertiary/aromatic N) is 1. The van der Waals surface area contributed by atoms with Gasteiger partial charge in [-0.25, -0.2) is 8.42 Å². The molecule has 18 heavy (non-hydrogen) atoms. The maximum atomic E-state index is 12.6. The average molecular weight is 271 g/mol. The van der Waals surface area contributed by atoms with E-state index in [9.17, 15) is 8.42 Å². The van der Waals surface area contributed by atoms with E-state index in [2.05, 4.69) is 10.3 Å². The van der Waals surface area contributed by atoms with Gasteiger partial charge in [-0.3, -0.25) is 0 Å². The summed E-state index contributed by atoms with van der Waals surface area (Å²) in [5.74, 6) is 0. The van der Waals surface area contributed by atoms with Gasteiger partial charge < -0.3 is 10.3 Å². The van der Waals surface area contributed by atoms with Gasteiger partial charge >= 0.3 is 0 Å². The first-order chi connectivity index (χ1) is 8.38. The molecular formula is C12H21N3O2S. The van der Waals surface area contributed by atoms with Crippen molar-refractivity contribution in [2.75, 3.05) is 13.6 Å². The Kier molecular flexibility index (Phi) is 3.53. The molecular weight excluding hydrogens is 250 g/mol. The molecule has 0 atom stereocenters. The lowest BCUT2D eigenvalue weighted by Gasteiger charge is -2.30. The van der Waals surface area contributed by atoms with E-state index in [4.69, 9.17) is 0 Å². The third-order valence-corrected chi connectivity index (χ3v) is 5.58. The molecule has 0 aromatic carbocycles. The van der Waals surface area contributed by atoms with Crippen LogP contribution in [0.2, 0.25) is 0 Å². The molecule has 102 valence electrons. The fraction of sp³-hybridized carbons (Fsp3) is 0.667. The molecule has 1 fully saturated rings. The van der Waals surface area contributed by atoms with Crippen molar-refractivity contribution in [3.05, 3.63) is 18.0 Å². The zero-order chi connectivity index (χ0) is 13.4. The highest BCUT2D eigenvalue weighted by Crippen LogP contribution is 2.33. The number of rotatable bonds is 4. The Labute approximate surface area is 109 Å². The van der Waals surface area contributed by atoms with Crippen molar-refractivity contribution in [2.24, 2.45) is 0 Å². The average Bonchev–Trinajstić information content (AvgIpc) is 2.85. The van der Waals surface area contributed by atoms with Crippen LogP contribution in [0.3, 0.4) is 0 Å². The summed E-state index contributed by atoms with van der Waals surface area (Å²) in [4.78, 5) is 3.36. The molecule has 2 heterocycles. The second kappa shape index (κ2) is 4.68. The Balaban J connectivity index is 2.30. The van der Waals surface area contributed by atoms with Crippen LogP contribution in [0.5, 0.6) is 0 Å². The van der Waals surface area contributed by atoms with E-state index in [1.165, 1.54) is 0 Å². The van der Waals surface area contributed by atoms with Crippen LogP contribution in [0.25, 0.3) is 0 Å². The van der Waals surface area contributed by atoms with Crippen LogP contribution in [-0.2, 0) is 16.6 Å². The van der Waals surface area contributed by atoms with E-state index < -0.39 is 10.0 Å². The van der Waals surface area contributed by atoms with E-state index >= 15 is 0 Å². The van der Waals surface area contributed by atoms with Crippen LogP contribution in [0.15, 0.2) is 17.2 Å². The lowest BCUT2D eigenvalue weighted by Crippen LogP contribution is -2.42. The van der Waals surface area contributed by atoms with E-state index in [1.807, 2.05) is 20.9 Å². The van der Waals surface area contributed by atoms with Gasteiger partial charge in [0.1, 0.15) is 0 Å². The minimum absolute atomic E-state index is 0.278. The number of sulfonamides is 1. The summed E-state index contributed by atoms with van der Waals surface area (Å²) in [6.45, 7) is 5.22. The van der Waals surface area contributed by atoms with E-state index in [0.29, 0.717) is 18.0 Å². The van der Waals surface area contributed by atoms with Gasteiger partial charge in [0.25, 0.3) is 0 Å². The summed E-state index contributed by atoms with van der Waals surface area (Å²) < 4.78 is 26.7. The van der Waals surface area contributed by atoms with Crippen LogP contribution in [-0.4, -0.2) is 36.8 Å². The quantitative estimate of drug-likeness (QED) is 0.867. The zero-order valence-electron chi connectivity index (χ0n) is 11.2. The van der Waals surface area contributed by atoms with Crippen LogP contribution < -0.4 is 5.32 Å². The molecule has 1 aliphatic rings. The number of H-pyrrole nitrogens is 1. The van der Waals surface area contributed by atoms with Crippen LogP contribution in [0.1, 0.15) is 32.4 Å². The molecule has 2 N–H and O–H groups in total.